The third-order valence-electron chi connectivity index (χ3n) is 5.66. The maximum Gasteiger partial charge on any atom is 0.323 e. The van der Waals surface area contributed by atoms with Gasteiger partial charge in [0.1, 0.15) is 24.7 Å². The van der Waals surface area contributed by atoms with Crippen LogP contribution in [0.2, 0.25) is 0 Å². The van der Waals surface area contributed by atoms with Crippen LogP contribution >= 0.6 is 11.3 Å². The molecule has 0 atom stereocenters. The normalized spacial score (nSPS) is 14.8. The molecule has 1 fully saturated rings. The predicted molar refractivity (Wildman–Crippen MR) is 126 cm³/mol. The molecule has 33 heavy (non-hydrogen) atoms. The van der Waals surface area contributed by atoms with E-state index in [0.29, 0.717) is 17.6 Å². The van der Waals surface area contributed by atoms with Crippen molar-refractivity contribution >= 4 is 33.4 Å². The first-order valence-corrected chi connectivity index (χ1v) is 11.7. The van der Waals surface area contributed by atoms with Crippen LogP contribution in [0.1, 0.15) is 12.8 Å². The van der Waals surface area contributed by atoms with E-state index in [4.69, 9.17) is 14.6 Å². The van der Waals surface area contributed by atoms with Gasteiger partial charge in [-0.1, -0.05) is 23.5 Å². The van der Waals surface area contributed by atoms with E-state index < -0.39 is 5.97 Å². The van der Waals surface area contributed by atoms with Gasteiger partial charge in [0.2, 0.25) is 5.91 Å². The van der Waals surface area contributed by atoms with Crippen LogP contribution in [0.4, 0.5) is 0 Å². The summed E-state index contributed by atoms with van der Waals surface area (Å²) in [6.45, 7) is 2.67. The highest BCUT2D eigenvalue weighted by molar-refractivity contribution is 7.20. The lowest BCUT2D eigenvalue weighted by molar-refractivity contribution is -0.145. The molecule has 2 heterocycles. The second-order valence-corrected chi connectivity index (χ2v) is 9.07. The summed E-state index contributed by atoms with van der Waals surface area (Å²) in [5, 5.41) is 9.46. The minimum absolute atomic E-state index is 0.0820. The van der Waals surface area contributed by atoms with Gasteiger partial charge >= 0.3 is 5.97 Å². The van der Waals surface area contributed by atoms with E-state index in [2.05, 4.69) is 9.88 Å². The molecule has 0 radical (unpaired) electrons. The molecule has 1 saturated heterocycles. The standard InChI is InChI=1S/C24H27N3O5S/c1-26(16-22(28)29)23(30)17-10-12-27(13-11-17)14-15-31-18-6-8-19(9-7-18)32-24-25-20-4-2-3-5-21(20)33-24/h2-9,17H,10-16H2,1H3,(H,28,29). The van der Waals surface area contributed by atoms with Crippen LogP contribution in [0.3, 0.4) is 0 Å². The number of aromatic nitrogens is 1. The molecule has 1 aliphatic heterocycles. The second-order valence-electron chi connectivity index (χ2n) is 8.07. The first-order chi connectivity index (χ1) is 16.0. The van der Waals surface area contributed by atoms with Crippen LogP contribution in [0.25, 0.3) is 10.2 Å². The Morgan fingerprint density at radius 3 is 2.52 bits per heavy atom. The SMILES string of the molecule is CN(CC(=O)O)C(=O)C1CCN(CCOc2ccc(Oc3nc4ccccc4s3)cc2)CC1. The highest BCUT2D eigenvalue weighted by Gasteiger charge is 2.27. The first-order valence-electron chi connectivity index (χ1n) is 10.9. The fraction of sp³-hybridized carbons (Fsp3) is 0.375. The van der Waals surface area contributed by atoms with Crippen molar-refractivity contribution in [1.29, 1.82) is 0 Å². The van der Waals surface area contributed by atoms with Crippen molar-refractivity contribution in [3.8, 4) is 16.7 Å². The smallest absolute Gasteiger partial charge is 0.323 e. The van der Waals surface area contributed by atoms with Crippen LogP contribution in [-0.2, 0) is 9.59 Å². The molecule has 9 heteroatoms. The fourth-order valence-electron chi connectivity index (χ4n) is 3.89. The number of amides is 1. The monoisotopic (exact) mass is 469 g/mol. The average Bonchev–Trinajstić information content (AvgIpc) is 3.22. The molecule has 0 spiro atoms. The number of para-hydroxylation sites is 1. The minimum atomic E-state index is -0.989. The topological polar surface area (TPSA) is 92.2 Å². The Bertz CT molecular complexity index is 1060. The molecule has 0 aliphatic carbocycles. The second kappa shape index (κ2) is 10.6. The van der Waals surface area contributed by atoms with Crippen molar-refractivity contribution in [1.82, 2.24) is 14.8 Å². The number of piperidine rings is 1. The largest absolute Gasteiger partial charge is 0.492 e. The number of fused-ring (bicyclic) bond motifs is 1. The molecule has 1 N–H and O–H groups in total. The van der Waals surface area contributed by atoms with Crippen LogP contribution in [0.15, 0.2) is 48.5 Å². The van der Waals surface area contributed by atoms with Gasteiger partial charge in [-0.3, -0.25) is 14.5 Å². The zero-order valence-electron chi connectivity index (χ0n) is 18.5. The summed E-state index contributed by atoms with van der Waals surface area (Å²) in [4.78, 5) is 31.2. The summed E-state index contributed by atoms with van der Waals surface area (Å²) in [5.41, 5.74) is 0.929. The Balaban J connectivity index is 1.18. The summed E-state index contributed by atoms with van der Waals surface area (Å²) in [6.07, 6.45) is 1.47. The third-order valence-corrected chi connectivity index (χ3v) is 6.58. The van der Waals surface area contributed by atoms with Gasteiger partial charge in [-0.2, -0.15) is 0 Å². The summed E-state index contributed by atoms with van der Waals surface area (Å²) in [7, 11) is 1.55. The molecule has 174 valence electrons. The molecule has 1 aromatic heterocycles. The summed E-state index contributed by atoms with van der Waals surface area (Å²) in [5.74, 6) is 0.306. The minimum Gasteiger partial charge on any atom is -0.492 e. The predicted octanol–water partition coefficient (Wildman–Crippen LogP) is 3.72. The number of benzene rings is 2. The Hall–Kier alpha value is -3.17. The number of rotatable bonds is 9. The molecule has 0 saturated carbocycles. The molecule has 0 bridgehead atoms. The Morgan fingerprint density at radius 1 is 1.12 bits per heavy atom. The van der Waals surface area contributed by atoms with E-state index in [1.54, 1.807) is 7.05 Å². The number of carbonyl (C=O) groups is 2. The van der Waals surface area contributed by atoms with Crippen molar-refractivity contribution in [2.75, 3.05) is 39.8 Å². The van der Waals surface area contributed by atoms with Gasteiger partial charge in [-0.25, -0.2) is 4.98 Å². The number of nitrogens with zero attached hydrogens (tertiary/aromatic N) is 3. The summed E-state index contributed by atoms with van der Waals surface area (Å²) in [6, 6.07) is 15.4. The van der Waals surface area contributed by atoms with Crippen LogP contribution < -0.4 is 9.47 Å². The van der Waals surface area contributed by atoms with Crippen LogP contribution in [0, 0.1) is 5.92 Å². The van der Waals surface area contributed by atoms with Gasteiger partial charge in [0.25, 0.3) is 5.19 Å². The molecular weight excluding hydrogens is 442 g/mol. The fourth-order valence-corrected chi connectivity index (χ4v) is 4.72. The maximum atomic E-state index is 12.3. The first kappa shape index (κ1) is 23.0. The number of carbonyl (C=O) groups excluding carboxylic acids is 1. The van der Waals surface area contributed by atoms with E-state index in [9.17, 15) is 9.59 Å². The van der Waals surface area contributed by atoms with E-state index in [1.807, 2.05) is 48.5 Å². The molecule has 2 aromatic carbocycles. The summed E-state index contributed by atoms with van der Waals surface area (Å²) >= 11 is 1.51. The molecule has 1 amide bonds. The Morgan fingerprint density at radius 2 is 1.82 bits per heavy atom. The number of thiazole rings is 1. The molecule has 3 aromatic rings. The van der Waals surface area contributed by atoms with Gasteiger partial charge in [0.05, 0.1) is 10.2 Å². The lowest BCUT2D eigenvalue weighted by Crippen LogP contribution is -2.43. The zero-order chi connectivity index (χ0) is 23.2. The number of aliphatic carboxylic acids is 1. The van der Waals surface area contributed by atoms with Crippen molar-refractivity contribution in [3.05, 3.63) is 48.5 Å². The highest BCUT2D eigenvalue weighted by Crippen LogP contribution is 2.31. The average molecular weight is 470 g/mol. The lowest BCUT2D eigenvalue weighted by Gasteiger charge is -2.32. The van der Waals surface area contributed by atoms with Gasteiger partial charge in [0, 0.05) is 19.5 Å². The highest BCUT2D eigenvalue weighted by atomic mass is 32.1. The third kappa shape index (κ3) is 6.21. The molecule has 1 aliphatic rings. The number of hydrogen-bond acceptors (Lipinski definition) is 7. The quantitative estimate of drug-likeness (QED) is 0.511. The summed E-state index contributed by atoms with van der Waals surface area (Å²) < 4.78 is 12.8. The lowest BCUT2D eigenvalue weighted by atomic mass is 9.95. The number of hydrogen-bond donors (Lipinski definition) is 1. The van der Waals surface area contributed by atoms with Crippen molar-refractivity contribution in [2.24, 2.45) is 5.92 Å². The van der Waals surface area contributed by atoms with E-state index in [-0.39, 0.29) is 18.4 Å². The molecule has 0 unspecified atom stereocenters. The number of ether oxygens (including phenoxy) is 2. The maximum absolute atomic E-state index is 12.3. The van der Waals surface area contributed by atoms with Gasteiger partial charge in [-0.05, 0) is 62.3 Å². The number of carboxylic acid groups (broad SMARTS) is 1. The van der Waals surface area contributed by atoms with Gasteiger partial charge in [0.15, 0.2) is 0 Å². The van der Waals surface area contributed by atoms with Crippen molar-refractivity contribution in [2.45, 2.75) is 12.8 Å². The van der Waals surface area contributed by atoms with Gasteiger partial charge in [-0.15, -0.1) is 0 Å². The van der Waals surface area contributed by atoms with Crippen LogP contribution in [0.5, 0.6) is 16.7 Å². The number of likely N-dealkylation sites (N-methyl/N-ethyl adjacent to an activating group) is 1. The molecule has 8 nitrogen and oxygen atoms in total. The molecule has 4 rings (SSSR count). The van der Waals surface area contributed by atoms with Crippen LogP contribution in [-0.4, -0.2) is 71.6 Å². The van der Waals surface area contributed by atoms with E-state index in [1.165, 1.54) is 16.2 Å². The zero-order valence-corrected chi connectivity index (χ0v) is 19.3. The number of likely N-dealkylation sites (tertiary alicyclic amines) is 1. The Labute approximate surface area is 196 Å². The number of carboxylic acids is 1. The Kier molecular flexibility index (Phi) is 7.41. The van der Waals surface area contributed by atoms with Gasteiger partial charge < -0.3 is 19.5 Å². The molecular formula is C24H27N3O5S. The van der Waals surface area contributed by atoms with Crippen molar-refractivity contribution in [3.63, 3.8) is 0 Å². The van der Waals surface area contributed by atoms with E-state index >= 15 is 0 Å². The van der Waals surface area contributed by atoms with E-state index in [0.717, 1.165) is 48.4 Å². The van der Waals surface area contributed by atoms with Crippen molar-refractivity contribution < 1.29 is 24.2 Å².